The van der Waals surface area contributed by atoms with Crippen LogP contribution in [0.15, 0.2) is 30.5 Å². The molecule has 0 radical (unpaired) electrons. The van der Waals surface area contributed by atoms with E-state index in [0.29, 0.717) is 31.3 Å². The SMILES string of the molecule is CCC(=O)N1CCCC(C(=O)Cc2cccc(C(C)Nc3nc(OC4CCN(C)CC4)nc4c(C(C)C)cnn34)c2)C1. The number of aromatic nitrogens is 4. The van der Waals surface area contributed by atoms with Crippen molar-refractivity contribution in [1.29, 1.82) is 0 Å². The third kappa shape index (κ3) is 6.91. The van der Waals surface area contributed by atoms with Crippen LogP contribution in [0.3, 0.4) is 0 Å². The first-order valence-corrected chi connectivity index (χ1v) is 15.5. The maximum Gasteiger partial charge on any atom is 0.322 e. The van der Waals surface area contributed by atoms with Crippen LogP contribution in [0.5, 0.6) is 6.01 Å². The van der Waals surface area contributed by atoms with Crippen molar-refractivity contribution >= 4 is 23.3 Å². The van der Waals surface area contributed by atoms with E-state index in [1.807, 2.05) is 30.2 Å². The number of ether oxygens (including phenoxy) is 1. The third-order valence-electron chi connectivity index (χ3n) is 8.64. The monoisotopic (exact) mass is 575 g/mol. The van der Waals surface area contributed by atoms with E-state index in [9.17, 15) is 9.59 Å². The number of anilines is 1. The van der Waals surface area contributed by atoms with Crippen LogP contribution >= 0.6 is 0 Å². The minimum Gasteiger partial charge on any atom is -0.460 e. The smallest absolute Gasteiger partial charge is 0.322 e. The first-order chi connectivity index (χ1) is 20.2. The molecule has 226 valence electrons. The van der Waals surface area contributed by atoms with Crippen LogP contribution in [0.4, 0.5) is 5.95 Å². The lowest BCUT2D eigenvalue weighted by atomic mass is 9.89. The van der Waals surface area contributed by atoms with E-state index in [4.69, 9.17) is 14.7 Å². The standard InChI is InChI=1S/C32H45N7O3/c1-6-29(41)38-14-8-11-25(20-38)28(40)18-23-9-7-10-24(17-23)22(4)34-31-36-32(42-26-12-15-37(5)16-13-26)35-30-27(21(2)3)19-33-39(30)31/h7,9-10,17,19,21-22,25-26H,6,8,11-16,18,20H2,1-5H3,(H,34,35,36). The molecule has 2 aliphatic heterocycles. The van der Waals surface area contributed by atoms with Gasteiger partial charge in [0.25, 0.3) is 0 Å². The number of hydrogen-bond acceptors (Lipinski definition) is 8. The Hall–Kier alpha value is -3.53. The molecular weight excluding hydrogens is 530 g/mol. The zero-order valence-electron chi connectivity index (χ0n) is 25.7. The number of carbonyl (C=O) groups is 2. The average molecular weight is 576 g/mol. The number of nitrogens with zero attached hydrogens (tertiary/aromatic N) is 6. The highest BCUT2D eigenvalue weighted by Crippen LogP contribution is 2.27. The summed E-state index contributed by atoms with van der Waals surface area (Å²) < 4.78 is 8.06. The van der Waals surface area contributed by atoms with Crippen molar-refractivity contribution < 1.29 is 14.3 Å². The average Bonchev–Trinajstić information content (AvgIpc) is 3.43. The summed E-state index contributed by atoms with van der Waals surface area (Å²) >= 11 is 0. The molecule has 0 bridgehead atoms. The minimum atomic E-state index is -0.103. The van der Waals surface area contributed by atoms with Crippen molar-refractivity contribution in [2.24, 2.45) is 5.92 Å². The maximum absolute atomic E-state index is 13.2. The van der Waals surface area contributed by atoms with E-state index in [1.54, 1.807) is 4.52 Å². The zero-order chi connectivity index (χ0) is 29.8. The summed E-state index contributed by atoms with van der Waals surface area (Å²) in [5.74, 6) is 1.06. The molecule has 42 heavy (non-hydrogen) atoms. The second-order valence-electron chi connectivity index (χ2n) is 12.2. The molecule has 3 aromatic rings. The second-order valence-corrected chi connectivity index (χ2v) is 12.2. The van der Waals surface area contributed by atoms with Gasteiger partial charge in [0, 0.05) is 50.5 Å². The van der Waals surface area contributed by atoms with Gasteiger partial charge in [-0.3, -0.25) is 9.59 Å². The number of Topliss-reactive ketones (excluding diaryl/α,β-unsaturated/α-hetero) is 1. The van der Waals surface area contributed by atoms with E-state index in [0.717, 1.165) is 67.7 Å². The molecule has 10 heteroatoms. The highest BCUT2D eigenvalue weighted by atomic mass is 16.5. The Bertz CT molecular complexity index is 1400. The first-order valence-electron chi connectivity index (χ1n) is 15.5. The predicted octanol–water partition coefficient (Wildman–Crippen LogP) is 4.65. The van der Waals surface area contributed by atoms with Crippen LogP contribution < -0.4 is 10.1 Å². The summed E-state index contributed by atoms with van der Waals surface area (Å²) in [6.07, 6.45) is 6.41. The highest BCUT2D eigenvalue weighted by molar-refractivity contribution is 5.84. The molecule has 2 aliphatic rings. The number of fused-ring (bicyclic) bond motifs is 1. The molecule has 0 saturated carbocycles. The van der Waals surface area contributed by atoms with Crippen molar-refractivity contribution in [2.75, 3.05) is 38.5 Å². The number of rotatable bonds is 10. The van der Waals surface area contributed by atoms with Crippen molar-refractivity contribution in [3.63, 3.8) is 0 Å². The summed E-state index contributed by atoms with van der Waals surface area (Å²) in [5, 5.41) is 8.15. The van der Waals surface area contributed by atoms with Gasteiger partial charge in [-0.1, -0.05) is 45.0 Å². The van der Waals surface area contributed by atoms with Crippen LogP contribution in [-0.4, -0.2) is 80.4 Å². The molecule has 4 heterocycles. The molecule has 2 aromatic heterocycles. The Balaban J connectivity index is 1.32. The largest absolute Gasteiger partial charge is 0.460 e. The van der Waals surface area contributed by atoms with Gasteiger partial charge in [-0.25, -0.2) is 0 Å². The molecule has 2 fully saturated rings. The number of likely N-dealkylation sites (tertiary alicyclic amines) is 2. The lowest BCUT2D eigenvalue weighted by molar-refractivity contribution is -0.134. The fraction of sp³-hybridized carbons (Fsp3) is 0.594. The van der Waals surface area contributed by atoms with E-state index >= 15 is 0 Å². The topological polar surface area (TPSA) is 105 Å². The molecule has 2 saturated heterocycles. The number of hydrogen-bond donors (Lipinski definition) is 1. The second kappa shape index (κ2) is 13.2. The summed E-state index contributed by atoms with van der Waals surface area (Å²) in [6, 6.07) is 8.42. The Kier molecular flexibility index (Phi) is 9.40. The quantitative estimate of drug-likeness (QED) is 0.372. The number of ketones is 1. The van der Waals surface area contributed by atoms with Crippen molar-refractivity contribution in [2.45, 2.75) is 84.3 Å². The van der Waals surface area contributed by atoms with Crippen LogP contribution in [0.25, 0.3) is 5.65 Å². The zero-order valence-corrected chi connectivity index (χ0v) is 25.7. The lowest BCUT2D eigenvalue weighted by Crippen LogP contribution is -2.42. The summed E-state index contributed by atoms with van der Waals surface area (Å²) in [6.45, 7) is 11.5. The van der Waals surface area contributed by atoms with Crippen LogP contribution in [-0.2, 0) is 16.0 Å². The summed E-state index contributed by atoms with van der Waals surface area (Å²) in [7, 11) is 2.13. The number of nitrogens with one attached hydrogen (secondary N) is 1. The highest BCUT2D eigenvalue weighted by Gasteiger charge is 2.28. The van der Waals surface area contributed by atoms with Gasteiger partial charge in [0.1, 0.15) is 11.9 Å². The Morgan fingerprint density at radius 2 is 1.88 bits per heavy atom. The number of amides is 1. The molecule has 0 aliphatic carbocycles. The van der Waals surface area contributed by atoms with Crippen LogP contribution in [0.2, 0.25) is 0 Å². The predicted molar refractivity (Wildman–Crippen MR) is 163 cm³/mol. The lowest BCUT2D eigenvalue weighted by Gasteiger charge is -2.32. The molecule has 1 N–H and O–H groups in total. The normalized spacial score (nSPS) is 19.3. The molecule has 1 amide bonds. The van der Waals surface area contributed by atoms with Gasteiger partial charge in [-0.15, -0.1) is 0 Å². The van der Waals surface area contributed by atoms with Gasteiger partial charge in [-0.2, -0.15) is 19.6 Å². The van der Waals surface area contributed by atoms with Crippen LogP contribution in [0.1, 0.15) is 88.4 Å². The molecule has 1 aromatic carbocycles. The maximum atomic E-state index is 13.2. The number of carbonyl (C=O) groups excluding carboxylic acids is 2. The molecule has 10 nitrogen and oxygen atoms in total. The van der Waals surface area contributed by atoms with Gasteiger partial charge in [0.05, 0.1) is 12.2 Å². The first kappa shape index (κ1) is 29.9. The van der Waals surface area contributed by atoms with Gasteiger partial charge in [0.2, 0.25) is 11.9 Å². The fourth-order valence-corrected chi connectivity index (χ4v) is 5.97. The van der Waals surface area contributed by atoms with Gasteiger partial charge in [-0.05, 0) is 56.7 Å². The van der Waals surface area contributed by atoms with Gasteiger partial charge >= 0.3 is 6.01 Å². The number of piperidine rings is 2. The Labute approximate surface area is 248 Å². The summed E-state index contributed by atoms with van der Waals surface area (Å²) in [4.78, 5) is 39.1. The van der Waals surface area contributed by atoms with E-state index in [1.165, 1.54) is 0 Å². The van der Waals surface area contributed by atoms with Crippen molar-refractivity contribution in [1.82, 2.24) is 29.4 Å². The third-order valence-corrected chi connectivity index (χ3v) is 8.64. The Morgan fingerprint density at radius 1 is 1.10 bits per heavy atom. The van der Waals surface area contributed by atoms with E-state index in [-0.39, 0.29) is 35.7 Å². The summed E-state index contributed by atoms with van der Waals surface area (Å²) in [5.41, 5.74) is 3.82. The minimum absolute atomic E-state index is 0.0879. The molecule has 0 spiro atoms. The number of benzene rings is 1. The fourth-order valence-electron chi connectivity index (χ4n) is 5.97. The molecular formula is C32H45N7O3. The van der Waals surface area contributed by atoms with Crippen molar-refractivity contribution in [3.05, 3.63) is 47.2 Å². The molecule has 2 unspecified atom stereocenters. The molecule has 2 atom stereocenters. The van der Waals surface area contributed by atoms with E-state index < -0.39 is 0 Å². The Morgan fingerprint density at radius 3 is 2.62 bits per heavy atom. The van der Waals surface area contributed by atoms with Crippen molar-refractivity contribution in [3.8, 4) is 6.01 Å². The van der Waals surface area contributed by atoms with Crippen LogP contribution in [0, 0.1) is 5.92 Å². The van der Waals surface area contributed by atoms with Gasteiger partial charge < -0.3 is 19.9 Å². The van der Waals surface area contributed by atoms with E-state index in [2.05, 4.69) is 55.3 Å². The molecule has 5 rings (SSSR count). The van der Waals surface area contributed by atoms with Gasteiger partial charge in [0.15, 0.2) is 5.65 Å².